The fourth-order valence-corrected chi connectivity index (χ4v) is 4.48. The van der Waals surface area contributed by atoms with E-state index in [1.54, 1.807) is 30.3 Å². The zero-order chi connectivity index (χ0) is 21.3. The lowest BCUT2D eigenvalue weighted by atomic mass is 10.1. The van der Waals surface area contributed by atoms with Gasteiger partial charge >= 0.3 is 5.92 Å². The van der Waals surface area contributed by atoms with E-state index in [4.69, 9.17) is 4.42 Å². The lowest BCUT2D eigenvalue weighted by molar-refractivity contribution is -0.0359. The first-order chi connectivity index (χ1) is 14.3. The molecule has 2 atom stereocenters. The van der Waals surface area contributed by atoms with Gasteiger partial charge in [0.05, 0.1) is 0 Å². The van der Waals surface area contributed by atoms with E-state index in [1.165, 1.54) is 12.1 Å². The van der Waals surface area contributed by atoms with E-state index in [2.05, 4.69) is 16.9 Å². The molecule has 0 saturated carbocycles. The minimum Gasteiger partial charge on any atom is -0.420 e. The van der Waals surface area contributed by atoms with Crippen LogP contribution < -0.4 is 10.6 Å². The summed E-state index contributed by atoms with van der Waals surface area (Å²) >= 11 is 0. The van der Waals surface area contributed by atoms with Gasteiger partial charge in [-0.2, -0.15) is 18.2 Å². The Labute approximate surface area is 172 Å². The number of aromatic nitrogens is 1. The summed E-state index contributed by atoms with van der Waals surface area (Å²) in [5.74, 6) is -4.47. The Balaban J connectivity index is 1.38. The molecule has 0 bridgehead atoms. The number of nitrogens with zero attached hydrogens (tertiary/aromatic N) is 2. The highest BCUT2D eigenvalue weighted by atomic mass is 31.1. The van der Waals surface area contributed by atoms with Crippen molar-refractivity contribution in [3.05, 3.63) is 60.4 Å². The van der Waals surface area contributed by atoms with E-state index in [0.717, 1.165) is 6.42 Å². The van der Waals surface area contributed by atoms with Crippen molar-refractivity contribution in [2.24, 2.45) is 5.92 Å². The third-order valence-electron chi connectivity index (χ3n) is 5.09. The smallest absolute Gasteiger partial charge is 0.406 e. The van der Waals surface area contributed by atoms with Crippen molar-refractivity contribution in [3.8, 4) is 0 Å². The first kappa shape index (κ1) is 20.7. The van der Waals surface area contributed by atoms with Crippen molar-refractivity contribution in [2.45, 2.75) is 12.3 Å². The van der Waals surface area contributed by atoms with Crippen LogP contribution in [-0.2, 0) is 0 Å². The normalized spacial score (nSPS) is 17.3. The Morgan fingerprint density at radius 2 is 2.03 bits per heavy atom. The second kappa shape index (κ2) is 8.26. The molecule has 3 aromatic rings. The molecular formula is C21H20F4N3OP. The Hall–Kier alpha value is -2.60. The Kier molecular flexibility index (Phi) is 5.69. The molecule has 1 fully saturated rings. The second-order valence-electron chi connectivity index (χ2n) is 7.20. The van der Waals surface area contributed by atoms with Crippen LogP contribution in [0.1, 0.15) is 12.0 Å². The monoisotopic (exact) mass is 437 g/mol. The number of halogens is 4. The fraction of sp³-hybridized carbons (Fsp3) is 0.286. The van der Waals surface area contributed by atoms with Crippen LogP contribution in [0.3, 0.4) is 0 Å². The van der Waals surface area contributed by atoms with E-state index in [-0.39, 0.29) is 22.8 Å². The van der Waals surface area contributed by atoms with Crippen LogP contribution in [0.25, 0.3) is 16.8 Å². The highest BCUT2D eigenvalue weighted by Crippen LogP contribution is 2.38. The number of oxazole rings is 1. The topological polar surface area (TPSA) is 41.3 Å². The van der Waals surface area contributed by atoms with Crippen molar-refractivity contribution in [2.75, 3.05) is 25.0 Å². The SMILES string of the molecule is C=C(c1ccccc1PC(F)(F)F)N1CC[C@@H](CNc2nc3cccc(F)c3o2)C1. The van der Waals surface area contributed by atoms with E-state index in [9.17, 15) is 17.6 Å². The average molecular weight is 437 g/mol. The molecule has 30 heavy (non-hydrogen) atoms. The third-order valence-corrected chi connectivity index (χ3v) is 6.08. The number of anilines is 1. The summed E-state index contributed by atoms with van der Waals surface area (Å²) in [6.07, 6.45) is 0.852. The minimum atomic E-state index is -4.24. The summed E-state index contributed by atoms with van der Waals surface area (Å²) in [6.45, 7) is 5.98. The van der Waals surface area contributed by atoms with Gasteiger partial charge in [-0.1, -0.05) is 36.9 Å². The molecule has 1 aromatic heterocycles. The molecule has 2 aromatic carbocycles. The number of nitrogens with one attached hydrogen (secondary N) is 1. The average Bonchev–Trinajstić information content (AvgIpc) is 3.32. The van der Waals surface area contributed by atoms with E-state index < -0.39 is 20.3 Å². The molecule has 0 aliphatic carbocycles. The largest absolute Gasteiger partial charge is 0.420 e. The van der Waals surface area contributed by atoms with Gasteiger partial charge in [0.25, 0.3) is 6.01 Å². The van der Waals surface area contributed by atoms with Gasteiger partial charge < -0.3 is 14.6 Å². The standard InChI is InChI=1S/C21H20F4N3OP/c1-13(15-5-2-3-8-18(15)30-21(23,24)25)28-10-9-14(12-28)11-26-20-27-17-7-4-6-16(22)19(17)29-20/h2-8,14,30H,1,9-12H2,(H,26,27)/t14-/m0/s1. The summed E-state index contributed by atoms with van der Waals surface area (Å²) in [5.41, 5.74) is 1.70. The van der Waals surface area contributed by atoms with Gasteiger partial charge in [0.1, 0.15) is 5.52 Å². The Bertz CT molecular complexity index is 1070. The number of benzene rings is 2. The minimum absolute atomic E-state index is 0.114. The lowest BCUT2D eigenvalue weighted by Crippen LogP contribution is -2.24. The highest BCUT2D eigenvalue weighted by Gasteiger charge is 2.30. The number of alkyl halides is 3. The summed E-state index contributed by atoms with van der Waals surface area (Å²) in [6, 6.07) is 11.4. The van der Waals surface area contributed by atoms with Crippen molar-refractivity contribution >= 4 is 36.7 Å². The maximum absolute atomic E-state index is 13.7. The van der Waals surface area contributed by atoms with E-state index in [1.807, 2.05) is 4.90 Å². The quantitative estimate of drug-likeness (QED) is 0.426. The molecule has 1 aliphatic heterocycles. The summed E-state index contributed by atoms with van der Waals surface area (Å²) < 4.78 is 57.9. The van der Waals surface area contributed by atoms with E-state index in [0.29, 0.717) is 36.4 Å². The van der Waals surface area contributed by atoms with Crippen LogP contribution in [0.4, 0.5) is 23.6 Å². The maximum Gasteiger partial charge on any atom is 0.406 e. The van der Waals surface area contributed by atoms with Crippen LogP contribution in [-0.4, -0.2) is 35.4 Å². The summed E-state index contributed by atoms with van der Waals surface area (Å²) in [4.78, 5) is 6.24. The van der Waals surface area contributed by atoms with Gasteiger partial charge in [-0.15, -0.1) is 0 Å². The number of likely N-dealkylation sites (tertiary alicyclic amines) is 1. The van der Waals surface area contributed by atoms with Gasteiger partial charge in [0.2, 0.25) is 0 Å². The van der Waals surface area contributed by atoms with Crippen molar-refractivity contribution in [1.29, 1.82) is 0 Å². The van der Waals surface area contributed by atoms with Crippen LogP contribution in [0.15, 0.2) is 53.5 Å². The fourth-order valence-electron chi connectivity index (χ4n) is 3.63. The predicted octanol–water partition coefficient (Wildman–Crippen LogP) is 5.20. The zero-order valence-electron chi connectivity index (χ0n) is 16.0. The molecule has 4 rings (SSSR count). The predicted molar refractivity (Wildman–Crippen MR) is 112 cm³/mol. The van der Waals surface area contributed by atoms with Crippen LogP contribution in [0.2, 0.25) is 0 Å². The van der Waals surface area contributed by atoms with Gasteiger partial charge in [0, 0.05) is 39.5 Å². The first-order valence-electron chi connectivity index (χ1n) is 9.47. The molecule has 4 nitrogen and oxygen atoms in total. The van der Waals surface area contributed by atoms with Crippen LogP contribution in [0.5, 0.6) is 0 Å². The molecule has 0 spiro atoms. The number of hydrogen-bond donors (Lipinski definition) is 1. The Morgan fingerprint density at radius 3 is 2.80 bits per heavy atom. The Morgan fingerprint density at radius 1 is 1.23 bits per heavy atom. The van der Waals surface area contributed by atoms with Crippen LogP contribution >= 0.6 is 8.58 Å². The molecule has 1 aliphatic rings. The first-order valence-corrected chi connectivity index (χ1v) is 10.5. The molecule has 1 saturated heterocycles. The number of hydrogen-bond acceptors (Lipinski definition) is 4. The third kappa shape index (κ3) is 4.59. The van der Waals surface area contributed by atoms with Gasteiger partial charge in [-0.05, 0) is 29.8 Å². The van der Waals surface area contributed by atoms with E-state index >= 15 is 0 Å². The maximum atomic E-state index is 13.7. The number of fused-ring (bicyclic) bond motifs is 1. The molecule has 0 radical (unpaired) electrons. The molecule has 1 unspecified atom stereocenters. The molecule has 2 heterocycles. The lowest BCUT2D eigenvalue weighted by Gasteiger charge is -2.23. The molecular weight excluding hydrogens is 417 g/mol. The molecule has 1 N–H and O–H groups in total. The van der Waals surface area contributed by atoms with Gasteiger partial charge in [0.15, 0.2) is 11.4 Å². The van der Waals surface area contributed by atoms with Crippen molar-refractivity contribution in [1.82, 2.24) is 9.88 Å². The van der Waals surface area contributed by atoms with Gasteiger partial charge in [-0.25, -0.2) is 4.39 Å². The molecule has 158 valence electrons. The highest BCUT2D eigenvalue weighted by molar-refractivity contribution is 7.48. The van der Waals surface area contributed by atoms with Crippen molar-refractivity contribution in [3.63, 3.8) is 0 Å². The number of para-hydroxylation sites is 1. The second-order valence-corrected chi connectivity index (χ2v) is 8.56. The van der Waals surface area contributed by atoms with Crippen molar-refractivity contribution < 1.29 is 22.0 Å². The zero-order valence-corrected chi connectivity index (χ0v) is 17.0. The summed E-state index contributed by atoms with van der Waals surface area (Å²) in [7, 11) is -1.26. The molecule has 0 amide bonds. The number of rotatable bonds is 6. The molecule has 9 heteroatoms. The summed E-state index contributed by atoms with van der Waals surface area (Å²) in [5, 5.41) is 3.35. The van der Waals surface area contributed by atoms with Crippen LogP contribution in [0, 0.1) is 11.7 Å². The van der Waals surface area contributed by atoms with Gasteiger partial charge in [-0.3, -0.25) is 0 Å².